The molecule has 1 amide bonds. The molecule has 0 fully saturated rings. The molecule has 2 N–H and O–H groups in total. The number of amides is 1. The first-order chi connectivity index (χ1) is 13.9. The second-order valence-corrected chi connectivity index (χ2v) is 7.03. The molecule has 0 unspecified atom stereocenters. The predicted molar refractivity (Wildman–Crippen MR) is 113 cm³/mol. The monoisotopic (exact) mass is 392 g/mol. The Kier molecular flexibility index (Phi) is 6.12. The molecule has 2 aromatic carbocycles. The minimum absolute atomic E-state index is 0.00774. The first-order valence-corrected chi connectivity index (χ1v) is 9.63. The van der Waals surface area contributed by atoms with E-state index in [0.717, 1.165) is 12.0 Å². The van der Waals surface area contributed by atoms with Gasteiger partial charge < -0.3 is 15.0 Å². The summed E-state index contributed by atoms with van der Waals surface area (Å²) >= 11 is 0. The van der Waals surface area contributed by atoms with Gasteiger partial charge in [-0.25, -0.2) is 4.79 Å². The van der Waals surface area contributed by atoms with Gasteiger partial charge >= 0.3 is 5.97 Å². The number of hydrogen-bond acceptors (Lipinski definition) is 4. The highest BCUT2D eigenvalue weighted by Crippen LogP contribution is 2.26. The van der Waals surface area contributed by atoms with Crippen LogP contribution in [0.4, 0.5) is 5.69 Å². The van der Waals surface area contributed by atoms with Crippen molar-refractivity contribution in [2.24, 2.45) is 0 Å². The molecule has 6 nitrogen and oxygen atoms in total. The summed E-state index contributed by atoms with van der Waals surface area (Å²) in [4.78, 5) is 40.1. The van der Waals surface area contributed by atoms with E-state index < -0.39 is 18.0 Å². The smallest absolute Gasteiger partial charge is 0.355 e. The van der Waals surface area contributed by atoms with Gasteiger partial charge in [0.25, 0.3) is 5.91 Å². The third kappa shape index (κ3) is 4.54. The molecule has 0 bridgehead atoms. The maximum absolute atomic E-state index is 12.6. The number of hydrogen-bond donors (Lipinski definition) is 2. The fourth-order valence-electron chi connectivity index (χ4n) is 3.08. The number of carbonyl (C=O) groups is 2. The van der Waals surface area contributed by atoms with E-state index in [1.165, 1.54) is 13.0 Å². The van der Waals surface area contributed by atoms with Crippen LogP contribution >= 0.6 is 0 Å². The summed E-state index contributed by atoms with van der Waals surface area (Å²) in [7, 11) is 0. The van der Waals surface area contributed by atoms with Crippen molar-refractivity contribution in [2.45, 2.75) is 39.2 Å². The highest BCUT2D eigenvalue weighted by Gasteiger charge is 2.21. The quantitative estimate of drug-likeness (QED) is 0.615. The predicted octanol–water partition coefficient (Wildman–Crippen LogP) is 4.23. The number of pyridine rings is 1. The number of aromatic amines is 1. The van der Waals surface area contributed by atoms with Gasteiger partial charge in [-0.3, -0.25) is 9.59 Å². The first kappa shape index (κ1) is 20.3. The van der Waals surface area contributed by atoms with E-state index in [4.69, 9.17) is 4.74 Å². The van der Waals surface area contributed by atoms with Gasteiger partial charge in [0.2, 0.25) is 0 Å². The number of para-hydroxylation sites is 2. The van der Waals surface area contributed by atoms with E-state index in [1.54, 1.807) is 24.3 Å². The van der Waals surface area contributed by atoms with E-state index in [-0.39, 0.29) is 17.0 Å². The number of ether oxygens (including phenoxy) is 1. The molecule has 0 saturated carbocycles. The Morgan fingerprint density at radius 1 is 1.07 bits per heavy atom. The molecule has 2 atom stereocenters. The van der Waals surface area contributed by atoms with E-state index in [1.807, 2.05) is 24.3 Å². The molecule has 3 aromatic rings. The van der Waals surface area contributed by atoms with Gasteiger partial charge in [-0.1, -0.05) is 44.2 Å². The Bertz CT molecular complexity index is 1100. The third-order valence-corrected chi connectivity index (χ3v) is 4.97. The van der Waals surface area contributed by atoms with Gasteiger partial charge in [0.05, 0.1) is 0 Å². The van der Waals surface area contributed by atoms with Gasteiger partial charge in [0.15, 0.2) is 11.5 Å². The van der Waals surface area contributed by atoms with Crippen molar-refractivity contribution in [3.63, 3.8) is 0 Å². The van der Waals surface area contributed by atoms with Crippen molar-refractivity contribution in [1.82, 2.24) is 4.98 Å². The fraction of sp³-hybridized carbons (Fsp3) is 0.261. The lowest BCUT2D eigenvalue weighted by atomic mass is 9.97. The van der Waals surface area contributed by atoms with Gasteiger partial charge in [-0.05, 0) is 43.0 Å². The third-order valence-electron chi connectivity index (χ3n) is 4.97. The largest absolute Gasteiger partial charge is 0.448 e. The lowest BCUT2D eigenvalue weighted by Gasteiger charge is -2.18. The van der Waals surface area contributed by atoms with Crippen molar-refractivity contribution in [3.8, 4) is 0 Å². The molecule has 1 aromatic heterocycles. The van der Waals surface area contributed by atoms with Crippen LogP contribution in [-0.4, -0.2) is 23.0 Å². The molecule has 150 valence electrons. The van der Waals surface area contributed by atoms with Crippen LogP contribution in [-0.2, 0) is 9.53 Å². The summed E-state index contributed by atoms with van der Waals surface area (Å²) in [5.74, 6) is -0.907. The van der Waals surface area contributed by atoms with Crippen LogP contribution in [0, 0.1) is 0 Å². The second-order valence-electron chi connectivity index (χ2n) is 7.03. The molecule has 0 radical (unpaired) electrons. The van der Waals surface area contributed by atoms with Crippen LogP contribution in [0.5, 0.6) is 0 Å². The van der Waals surface area contributed by atoms with Crippen molar-refractivity contribution in [2.75, 3.05) is 5.32 Å². The van der Waals surface area contributed by atoms with E-state index in [2.05, 4.69) is 24.1 Å². The topological polar surface area (TPSA) is 88.3 Å². The number of anilines is 1. The number of H-pyrrole nitrogens is 1. The molecule has 3 rings (SSSR count). The molecule has 0 aliphatic carbocycles. The Morgan fingerprint density at radius 3 is 2.52 bits per heavy atom. The molecule has 6 heteroatoms. The van der Waals surface area contributed by atoms with Gasteiger partial charge in [-0.2, -0.15) is 0 Å². The van der Waals surface area contributed by atoms with Gasteiger partial charge in [-0.15, -0.1) is 0 Å². The van der Waals surface area contributed by atoms with Crippen molar-refractivity contribution >= 4 is 28.5 Å². The summed E-state index contributed by atoms with van der Waals surface area (Å²) in [6.07, 6.45) is -0.0882. The normalized spacial score (nSPS) is 12.9. The van der Waals surface area contributed by atoms with E-state index >= 15 is 0 Å². The fourth-order valence-corrected chi connectivity index (χ4v) is 3.08. The molecular weight excluding hydrogens is 368 g/mol. The molecular formula is C23H24N2O4. The average Bonchev–Trinajstić information content (AvgIpc) is 2.73. The van der Waals surface area contributed by atoms with Gasteiger partial charge in [0.1, 0.15) is 5.69 Å². The minimum Gasteiger partial charge on any atom is -0.448 e. The zero-order valence-corrected chi connectivity index (χ0v) is 16.7. The number of carbonyl (C=O) groups excluding carboxylic acids is 2. The maximum Gasteiger partial charge on any atom is 0.355 e. The van der Waals surface area contributed by atoms with Gasteiger partial charge in [0, 0.05) is 22.7 Å². The molecule has 0 saturated heterocycles. The number of esters is 1. The molecule has 0 aliphatic rings. The Labute approximate surface area is 168 Å². The van der Waals surface area contributed by atoms with Crippen LogP contribution in [0.3, 0.4) is 0 Å². The molecule has 0 spiro atoms. The Morgan fingerprint density at radius 2 is 1.76 bits per heavy atom. The second kappa shape index (κ2) is 8.73. The lowest BCUT2D eigenvalue weighted by Crippen LogP contribution is -2.31. The van der Waals surface area contributed by atoms with Crippen molar-refractivity contribution < 1.29 is 14.3 Å². The van der Waals surface area contributed by atoms with Crippen molar-refractivity contribution in [1.29, 1.82) is 0 Å². The summed E-state index contributed by atoms with van der Waals surface area (Å²) in [6.45, 7) is 5.67. The van der Waals surface area contributed by atoms with E-state index in [0.29, 0.717) is 16.6 Å². The zero-order chi connectivity index (χ0) is 21.0. The van der Waals surface area contributed by atoms with Crippen molar-refractivity contribution in [3.05, 3.63) is 76.1 Å². The lowest BCUT2D eigenvalue weighted by molar-refractivity contribution is -0.123. The SMILES string of the molecule is CC[C@H](C)c1ccccc1NC(=O)[C@@H](C)OC(=O)c1cc(=O)c2ccccc2[nH]1. The minimum atomic E-state index is -1.03. The Balaban J connectivity index is 1.73. The first-order valence-electron chi connectivity index (χ1n) is 9.63. The summed E-state index contributed by atoms with van der Waals surface area (Å²) in [5, 5.41) is 3.32. The maximum atomic E-state index is 12.6. The van der Waals surface area contributed by atoms with Crippen LogP contribution < -0.4 is 10.7 Å². The van der Waals surface area contributed by atoms with E-state index in [9.17, 15) is 14.4 Å². The number of aromatic nitrogens is 1. The molecule has 0 aliphatic heterocycles. The van der Waals surface area contributed by atoms with Crippen LogP contribution in [0.25, 0.3) is 10.9 Å². The average molecular weight is 392 g/mol. The number of nitrogens with one attached hydrogen (secondary N) is 2. The Hall–Kier alpha value is -3.41. The number of benzene rings is 2. The standard InChI is InChI=1S/C23H24N2O4/c1-4-14(2)16-9-5-7-11-18(16)25-22(27)15(3)29-23(28)20-13-21(26)17-10-6-8-12-19(17)24-20/h5-15H,4H2,1-3H3,(H,24,26)(H,25,27)/t14-,15+/m0/s1. The number of fused-ring (bicyclic) bond motifs is 1. The number of rotatable bonds is 6. The molecule has 1 heterocycles. The van der Waals surface area contributed by atoms with Crippen LogP contribution in [0.15, 0.2) is 59.4 Å². The van der Waals surface area contributed by atoms with Crippen LogP contribution in [0.2, 0.25) is 0 Å². The zero-order valence-electron chi connectivity index (χ0n) is 16.7. The highest BCUT2D eigenvalue weighted by molar-refractivity contribution is 5.98. The summed E-state index contributed by atoms with van der Waals surface area (Å²) < 4.78 is 5.28. The van der Waals surface area contributed by atoms with Crippen LogP contribution in [0.1, 0.15) is 49.2 Å². The molecule has 29 heavy (non-hydrogen) atoms. The summed E-state index contributed by atoms with van der Waals surface area (Å²) in [5.41, 5.74) is 1.99. The summed E-state index contributed by atoms with van der Waals surface area (Å²) in [6, 6.07) is 15.7. The highest BCUT2D eigenvalue weighted by atomic mass is 16.5.